The van der Waals surface area contributed by atoms with Crippen molar-refractivity contribution >= 4 is 0 Å². The van der Waals surface area contributed by atoms with E-state index in [2.05, 4.69) is 118 Å². The van der Waals surface area contributed by atoms with Crippen molar-refractivity contribution in [2.24, 2.45) is 0 Å². The minimum absolute atomic E-state index is 0.200. The smallest absolute Gasteiger partial charge is 0.0237 e. The Balaban J connectivity index is 1.68. The third-order valence-corrected chi connectivity index (χ3v) is 6.06. The summed E-state index contributed by atoms with van der Waals surface area (Å²) in [5, 5.41) is 0. The zero-order valence-electron chi connectivity index (χ0n) is 20.1. The SMILES string of the molecule is CC(C)c1ccc(CN(CCCc2ccccc2)Cc2ccc(C(C)(C)C)cc2)cc1. The highest BCUT2D eigenvalue weighted by molar-refractivity contribution is 5.28. The van der Waals surface area contributed by atoms with Gasteiger partial charge in [0.1, 0.15) is 0 Å². The van der Waals surface area contributed by atoms with Gasteiger partial charge in [-0.15, -0.1) is 0 Å². The van der Waals surface area contributed by atoms with Gasteiger partial charge in [-0.2, -0.15) is 0 Å². The molecule has 0 saturated heterocycles. The topological polar surface area (TPSA) is 3.24 Å². The van der Waals surface area contributed by atoms with Gasteiger partial charge in [0, 0.05) is 13.1 Å². The van der Waals surface area contributed by atoms with Gasteiger partial charge in [0.15, 0.2) is 0 Å². The first-order valence-corrected chi connectivity index (χ1v) is 11.8. The van der Waals surface area contributed by atoms with Gasteiger partial charge in [-0.25, -0.2) is 0 Å². The predicted molar refractivity (Wildman–Crippen MR) is 135 cm³/mol. The lowest BCUT2D eigenvalue weighted by molar-refractivity contribution is 0.253. The molecule has 0 atom stereocenters. The van der Waals surface area contributed by atoms with E-state index in [-0.39, 0.29) is 5.41 Å². The van der Waals surface area contributed by atoms with Crippen LogP contribution in [0.1, 0.15) is 74.8 Å². The van der Waals surface area contributed by atoms with Crippen LogP contribution in [0, 0.1) is 0 Å². The Morgan fingerprint density at radius 2 is 1.23 bits per heavy atom. The second kappa shape index (κ2) is 10.8. The second-order valence-electron chi connectivity index (χ2n) is 10.1. The van der Waals surface area contributed by atoms with Gasteiger partial charge in [-0.05, 0) is 58.5 Å². The van der Waals surface area contributed by atoms with Crippen molar-refractivity contribution in [2.45, 2.75) is 71.9 Å². The summed E-state index contributed by atoms with van der Waals surface area (Å²) in [5.74, 6) is 0.581. The molecule has 3 rings (SSSR count). The van der Waals surface area contributed by atoms with E-state index in [4.69, 9.17) is 0 Å². The highest BCUT2D eigenvalue weighted by Gasteiger charge is 2.14. The van der Waals surface area contributed by atoms with Gasteiger partial charge in [-0.1, -0.05) is 113 Å². The maximum atomic E-state index is 2.60. The summed E-state index contributed by atoms with van der Waals surface area (Å²) in [6.07, 6.45) is 2.31. The van der Waals surface area contributed by atoms with E-state index in [1.807, 2.05) is 0 Å². The van der Waals surface area contributed by atoms with Crippen molar-refractivity contribution < 1.29 is 0 Å². The number of rotatable bonds is 9. The van der Waals surface area contributed by atoms with Crippen LogP contribution in [-0.4, -0.2) is 11.4 Å². The molecule has 0 aliphatic heterocycles. The Bertz CT molecular complexity index is 899. The predicted octanol–water partition coefficient (Wildman–Crippen LogP) is 7.74. The summed E-state index contributed by atoms with van der Waals surface area (Å²) >= 11 is 0. The summed E-state index contributed by atoms with van der Waals surface area (Å²) in [6, 6.07) is 29.3. The van der Waals surface area contributed by atoms with Gasteiger partial charge >= 0.3 is 0 Å². The minimum Gasteiger partial charge on any atom is -0.295 e. The third-order valence-electron chi connectivity index (χ3n) is 6.06. The van der Waals surface area contributed by atoms with Crippen LogP contribution in [0.25, 0.3) is 0 Å². The van der Waals surface area contributed by atoms with Crippen molar-refractivity contribution in [3.05, 3.63) is 107 Å². The van der Waals surface area contributed by atoms with Gasteiger partial charge in [-0.3, -0.25) is 4.90 Å². The largest absolute Gasteiger partial charge is 0.295 e. The molecule has 3 aromatic rings. The van der Waals surface area contributed by atoms with Gasteiger partial charge in [0.25, 0.3) is 0 Å². The van der Waals surface area contributed by atoms with Gasteiger partial charge in [0.05, 0.1) is 0 Å². The number of hydrogen-bond donors (Lipinski definition) is 0. The van der Waals surface area contributed by atoms with Gasteiger partial charge < -0.3 is 0 Å². The fourth-order valence-electron chi connectivity index (χ4n) is 4.00. The average molecular weight is 414 g/mol. The van der Waals surface area contributed by atoms with E-state index >= 15 is 0 Å². The van der Waals surface area contributed by atoms with Crippen LogP contribution in [0.2, 0.25) is 0 Å². The number of benzene rings is 3. The lowest BCUT2D eigenvalue weighted by atomic mass is 9.87. The molecule has 0 bridgehead atoms. The van der Waals surface area contributed by atoms with E-state index in [9.17, 15) is 0 Å². The molecule has 0 radical (unpaired) electrons. The monoisotopic (exact) mass is 413 g/mol. The first kappa shape index (κ1) is 23.3. The molecule has 0 spiro atoms. The number of aryl methyl sites for hydroxylation is 1. The van der Waals surface area contributed by atoms with Crippen LogP contribution in [-0.2, 0) is 24.9 Å². The molecule has 31 heavy (non-hydrogen) atoms. The van der Waals surface area contributed by atoms with Crippen LogP contribution in [0.3, 0.4) is 0 Å². The van der Waals surface area contributed by atoms with Gasteiger partial charge in [0.2, 0.25) is 0 Å². The summed E-state index contributed by atoms with van der Waals surface area (Å²) in [6.45, 7) is 14.4. The molecule has 0 heterocycles. The molecule has 0 aliphatic carbocycles. The lowest BCUT2D eigenvalue weighted by Gasteiger charge is -2.24. The Labute approximate surface area is 190 Å². The minimum atomic E-state index is 0.200. The molecule has 3 aromatic carbocycles. The zero-order chi connectivity index (χ0) is 22.3. The van der Waals surface area contributed by atoms with Crippen LogP contribution in [0.5, 0.6) is 0 Å². The van der Waals surface area contributed by atoms with Crippen molar-refractivity contribution in [1.29, 1.82) is 0 Å². The Morgan fingerprint density at radius 1 is 0.677 bits per heavy atom. The molecule has 0 aliphatic rings. The molecule has 0 saturated carbocycles. The van der Waals surface area contributed by atoms with Crippen molar-refractivity contribution in [3.63, 3.8) is 0 Å². The molecule has 164 valence electrons. The molecular formula is C30H39N. The highest BCUT2D eigenvalue weighted by atomic mass is 15.1. The van der Waals surface area contributed by atoms with Crippen LogP contribution >= 0.6 is 0 Å². The van der Waals surface area contributed by atoms with Crippen LogP contribution < -0.4 is 0 Å². The number of hydrogen-bond acceptors (Lipinski definition) is 1. The maximum Gasteiger partial charge on any atom is 0.0237 e. The van der Waals surface area contributed by atoms with E-state index in [1.165, 1.54) is 34.2 Å². The molecule has 1 nitrogen and oxygen atoms in total. The van der Waals surface area contributed by atoms with Crippen LogP contribution in [0.15, 0.2) is 78.9 Å². The molecule has 0 aromatic heterocycles. The Morgan fingerprint density at radius 3 is 1.74 bits per heavy atom. The van der Waals surface area contributed by atoms with Crippen molar-refractivity contribution in [2.75, 3.05) is 6.54 Å². The van der Waals surface area contributed by atoms with Crippen molar-refractivity contribution in [1.82, 2.24) is 4.90 Å². The standard InChI is InChI=1S/C30H39N/c1-24(2)28-17-13-26(14-18-28)22-31(21-9-12-25-10-7-6-8-11-25)23-27-15-19-29(20-16-27)30(3,4)5/h6-8,10-11,13-20,24H,9,12,21-23H2,1-5H3. The molecule has 1 heteroatoms. The first-order valence-electron chi connectivity index (χ1n) is 11.8. The van der Waals surface area contributed by atoms with Crippen LogP contribution in [0.4, 0.5) is 0 Å². The fourth-order valence-corrected chi connectivity index (χ4v) is 4.00. The normalized spacial score (nSPS) is 12.0. The summed E-state index contributed by atoms with van der Waals surface area (Å²) in [5.41, 5.74) is 7.24. The Hall–Kier alpha value is -2.38. The Kier molecular flexibility index (Phi) is 8.09. The second-order valence-corrected chi connectivity index (χ2v) is 10.1. The first-order chi connectivity index (χ1) is 14.8. The molecule has 0 fully saturated rings. The number of nitrogens with zero attached hydrogens (tertiary/aromatic N) is 1. The molecular weight excluding hydrogens is 374 g/mol. The molecule has 0 unspecified atom stereocenters. The summed E-state index contributed by atoms with van der Waals surface area (Å²) in [7, 11) is 0. The van der Waals surface area contributed by atoms with E-state index in [0.717, 1.165) is 26.1 Å². The summed E-state index contributed by atoms with van der Waals surface area (Å²) < 4.78 is 0. The van der Waals surface area contributed by atoms with E-state index < -0.39 is 0 Å². The van der Waals surface area contributed by atoms with E-state index in [0.29, 0.717) is 5.92 Å². The van der Waals surface area contributed by atoms with E-state index in [1.54, 1.807) is 0 Å². The zero-order valence-corrected chi connectivity index (χ0v) is 20.1. The summed E-state index contributed by atoms with van der Waals surface area (Å²) in [4.78, 5) is 2.60. The molecule has 0 amide bonds. The highest BCUT2D eigenvalue weighted by Crippen LogP contribution is 2.23. The molecule has 0 N–H and O–H groups in total. The average Bonchev–Trinajstić information content (AvgIpc) is 2.74. The fraction of sp³-hybridized carbons (Fsp3) is 0.400. The quantitative estimate of drug-likeness (QED) is 0.347. The van der Waals surface area contributed by atoms with Crippen molar-refractivity contribution in [3.8, 4) is 0 Å². The lowest BCUT2D eigenvalue weighted by Crippen LogP contribution is -2.24. The maximum absolute atomic E-state index is 2.60. The third kappa shape index (κ3) is 7.36.